The SMILES string of the molecule is CCN(CC(=O)Nc1ccc(F)cc1F)c1ccccc1. The van der Waals surface area contributed by atoms with Crippen LogP contribution in [0.5, 0.6) is 0 Å². The molecule has 2 aromatic carbocycles. The van der Waals surface area contributed by atoms with Gasteiger partial charge in [0.15, 0.2) is 0 Å². The van der Waals surface area contributed by atoms with Gasteiger partial charge in [-0.05, 0) is 31.2 Å². The van der Waals surface area contributed by atoms with E-state index in [-0.39, 0.29) is 18.1 Å². The summed E-state index contributed by atoms with van der Waals surface area (Å²) in [5, 5.41) is 2.45. The monoisotopic (exact) mass is 290 g/mol. The fraction of sp³-hybridized carbons (Fsp3) is 0.188. The number of anilines is 2. The van der Waals surface area contributed by atoms with Gasteiger partial charge in [0.1, 0.15) is 11.6 Å². The lowest BCUT2D eigenvalue weighted by Gasteiger charge is -2.22. The largest absolute Gasteiger partial charge is 0.362 e. The number of rotatable bonds is 5. The van der Waals surface area contributed by atoms with Gasteiger partial charge >= 0.3 is 0 Å². The van der Waals surface area contributed by atoms with Gasteiger partial charge in [-0.2, -0.15) is 0 Å². The molecule has 0 aliphatic carbocycles. The minimum atomic E-state index is -0.786. The lowest BCUT2D eigenvalue weighted by molar-refractivity contribution is -0.115. The van der Waals surface area contributed by atoms with Gasteiger partial charge in [0, 0.05) is 18.3 Å². The van der Waals surface area contributed by atoms with Crippen molar-refractivity contribution in [1.82, 2.24) is 0 Å². The Bertz CT molecular complexity index is 617. The average molecular weight is 290 g/mol. The van der Waals surface area contributed by atoms with Gasteiger partial charge in [-0.25, -0.2) is 8.78 Å². The molecule has 2 rings (SSSR count). The number of likely N-dealkylation sites (N-methyl/N-ethyl adjacent to an activating group) is 1. The molecule has 0 aliphatic heterocycles. The molecule has 0 spiro atoms. The molecule has 0 bridgehead atoms. The summed E-state index contributed by atoms with van der Waals surface area (Å²) in [4.78, 5) is 13.8. The Kier molecular flexibility index (Phi) is 4.87. The lowest BCUT2D eigenvalue weighted by atomic mass is 10.2. The Morgan fingerprint density at radius 3 is 2.48 bits per heavy atom. The molecule has 0 heterocycles. The predicted octanol–water partition coefficient (Wildman–Crippen LogP) is 3.43. The Morgan fingerprint density at radius 1 is 1.14 bits per heavy atom. The van der Waals surface area contributed by atoms with Gasteiger partial charge < -0.3 is 10.2 Å². The van der Waals surface area contributed by atoms with Gasteiger partial charge in [0.05, 0.1) is 12.2 Å². The highest BCUT2D eigenvalue weighted by molar-refractivity contribution is 5.94. The number of amides is 1. The maximum absolute atomic E-state index is 13.5. The third-order valence-electron chi connectivity index (χ3n) is 3.04. The number of hydrogen-bond acceptors (Lipinski definition) is 2. The molecule has 0 radical (unpaired) electrons. The van der Waals surface area contributed by atoms with Crippen molar-refractivity contribution in [3.05, 3.63) is 60.2 Å². The van der Waals surface area contributed by atoms with Crippen LogP contribution in [0.2, 0.25) is 0 Å². The van der Waals surface area contributed by atoms with Crippen LogP contribution in [0.25, 0.3) is 0 Å². The summed E-state index contributed by atoms with van der Waals surface area (Å²) in [6.45, 7) is 2.67. The van der Waals surface area contributed by atoms with Crippen LogP contribution < -0.4 is 10.2 Å². The number of halogens is 2. The van der Waals surface area contributed by atoms with Gasteiger partial charge in [0.25, 0.3) is 0 Å². The molecule has 21 heavy (non-hydrogen) atoms. The quantitative estimate of drug-likeness (QED) is 0.915. The summed E-state index contributed by atoms with van der Waals surface area (Å²) in [7, 11) is 0. The summed E-state index contributed by atoms with van der Waals surface area (Å²) in [6.07, 6.45) is 0. The summed E-state index contributed by atoms with van der Waals surface area (Å²) in [5.41, 5.74) is 0.889. The summed E-state index contributed by atoms with van der Waals surface area (Å²) in [5.74, 6) is -1.82. The highest BCUT2D eigenvalue weighted by Gasteiger charge is 2.12. The van der Waals surface area contributed by atoms with Gasteiger partial charge in [-0.3, -0.25) is 4.79 Å². The van der Waals surface area contributed by atoms with E-state index in [1.54, 1.807) is 0 Å². The highest BCUT2D eigenvalue weighted by atomic mass is 19.1. The molecule has 0 saturated carbocycles. The molecule has 0 aliphatic rings. The third-order valence-corrected chi connectivity index (χ3v) is 3.04. The van der Waals surface area contributed by atoms with Crippen molar-refractivity contribution in [2.45, 2.75) is 6.92 Å². The smallest absolute Gasteiger partial charge is 0.243 e. The van der Waals surface area contributed by atoms with Crippen molar-refractivity contribution >= 4 is 17.3 Å². The highest BCUT2D eigenvalue weighted by Crippen LogP contribution is 2.16. The molecular weight excluding hydrogens is 274 g/mol. The molecule has 0 aromatic heterocycles. The predicted molar refractivity (Wildman–Crippen MR) is 79.3 cm³/mol. The first kappa shape index (κ1) is 15.0. The minimum Gasteiger partial charge on any atom is -0.362 e. The number of nitrogens with zero attached hydrogens (tertiary/aromatic N) is 1. The normalized spacial score (nSPS) is 10.2. The minimum absolute atomic E-state index is 0.0227. The molecular formula is C16H16F2N2O. The fourth-order valence-electron chi connectivity index (χ4n) is 1.98. The van der Waals surface area contributed by atoms with Crippen molar-refractivity contribution < 1.29 is 13.6 Å². The fourth-order valence-corrected chi connectivity index (χ4v) is 1.98. The zero-order valence-corrected chi connectivity index (χ0v) is 11.6. The van der Waals surface area contributed by atoms with E-state index in [0.29, 0.717) is 6.54 Å². The molecule has 0 fully saturated rings. The van der Waals surface area contributed by atoms with Crippen LogP contribution >= 0.6 is 0 Å². The molecule has 2 aromatic rings. The van der Waals surface area contributed by atoms with E-state index in [4.69, 9.17) is 0 Å². The number of carbonyl (C=O) groups is 1. The first-order valence-electron chi connectivity index (χ1n) is 6.65. The summed E-state index contributed by atoms with van der Waals surface area (Å²) < 4.78 is 26.3. The van der Waals surface area contributed by atoms with Crippen LogP contribution in [0.15, 0.2) is 48.5 Å². The molecule has 1 amide bonds. The molecule has 0 unspecified atom stereocenters. The number of hydrogen-bond donors (Lipinski definition) is 1. The Labute approximate surface area is 122 Å². The van der Waals surface area contributed by atoms with Crippen LogP contribution in [0.4, 0.5) is 20.2 Å². The van der Waals surface area contributed by atoms with Crippen molar-refractivity contribution in [1.29, 1.82) is 0 Å². The number of para-hydroxylation sites is 1. The second kappa shape index (κ2) is 6.83. The standard InChI is InChI=1S/C16H16F2N2O/c1-2-20(13-6-4-3-5-7-13)11-16(21)19-15-9-8-12(17)10-14(15)18/h3-10H,2,11H2,1H3,(H,19,21). The number of benzene rings is 2. The number of carbonyl (C=O) groups excluding carboxylic acids is 1. The van der Waals surface area contributed by atoms with E-state index < -0.39 is 11.6 Å². The van der Waals surface area contributed by atoms with Gasteiger partial charge in [-0.1, -0.05) is 18.2 Å². The van der Waals surface area contributed by atoms with Crippen LogP contribution in [-0.2, 0) is 4.79 Å². The summed E-state index contributed by atoms with van der Waals surface area (Å²) >= 11 is 0. The van der Waals surface area contributed by atoms with Crippen molar-refractivity contribution in [2.75, 3.05) is 23.3 Å². The molecule has 0 atom stereocenters. The maximum atomic E-state index is 13.5. The van der Waals surface area contributed by atoms with Gasteiger partial charge in [-0.15, -0.1) is 0 Å². The Balaban J connectivity index is 2.03. The molecule has 110 valence electrons. The van der Waals surface area contributed by atoms with E-state index in [1.165, 1.54) is 6.07 Å². The maximum Gasteiger partial charge on any atom is 0.243 e. The molecule has 5 heteroatoms. The van der Waals surface area contributed by atoms with Gasteiger partial charge in [0.2, 0.25) is 5.91 Å². The van der Waals surface area contributed by atoms with Crippen LogP contribution in [0.3, 0.4) is 0 Å². The Hall–Kier alpha value is -2.43. The first-order valence-corrected chi connectivity index (χ1v) is 6.65. The lowest BCUT2D eigenvalue weighted by Crippen LogP contribution is -2.33. The Morgan fingerprint density at radius 2 is 1.86 bits per heavy atom. The number of nitrogens with one attached hydrogen (secondary N) is 1. The average Bonchev–Trinajstić information content (AvgIpc) is 2.48. The summed E-state index contributed by atoms with van der Waals surface area (Å²) in [6, 6.07) is 12.5. The van der Waals surface area contributed by atoms with E-state index in [9.17, 15) is 13.6 Å². The van der Waals surface area contributed by atoms with Crippen LogP contribution in [-0.4, -0.2) is 19.0 Å². The second-order valence-corrected chi connectivity index (χ2v) is 4.52. The topological polar surface area (TPSA) is 32.3 Å². The molecule has 3 nitrogen and oxygen atoms in total. The zero-order chi connectivity index (χ0) is 15.2. The molecule has 1 N–H and O–H groups in total. The van der Waals surface area contributed by atoms with Crippen molar-refractivity contribution in [3.63, 3.8) is 0 Å². The van der Waals surface area contributed by atoms with Crippen molar-refractivity contribution in [2.24, 2.45) is 0 Å². The van der Waals surface area contributed by atoms with E-state index in [1.807, 2.05) is 42.2 Å². The van der Waals surface area contributed by atoms with Crippen LogP contribution in [0.1, 0.15) is 6.92 Å². The van der Waals surface area contributed by atoms with Crippen molar-refractivity contribution in [3.8, 4) is 0 Å². The first-order chi connectivity index (χ1) is 10.1. The zero-order valence-electron chi connectivity index (χ0n) is 11.6. The third kappa shape index (κ3) is 4.02. The van der Waals surface area contributed by atoms with E-state index in [0.717, 1.165) is 17.8 Å². The van der Waals surface area contributed by atoms with E-state index in [2.05, 4.69) is 5.32 Å². The second-order valence-electron chi connectivity index (χ2n) is 4.52. The molecule has 0 saturated heterocycles. The van der Waals surface area contributed by atoms with Crippen LogP contribution in [0, 0.1) is 11.6 Å². The van der Waals surface area contributed by atoms with E-state index >= 15 is 0 Å².